The maximum atomic E-state index is 13.5. The number of carbonyl (C=O) groups is 1. The Morgan fingerprint density at radius 1 is 1.32 bits per heavy atom. The number of pyridine rings is 1. The van der Waals surface area contributed by atoms with Gasteiger partial charge in [-0.05, 0) is 25.0 Å². The van der Waals surface area contributed by atoms with Crippen molar-refractivity contribution in [2.75, 3.05) is 31.5 Å². The average molecular weight is 381 g/mol. The third kappa shape index (κ3) is 4.07. The molecule has 1 aromatic heterocycles. The molecule has 1 amide bonds. The van der Waals surface area contributed by atoms with Crippen LogP contribution in [0.4, 0.5) is 10.1 Å². The molecule has 3 heterocycles. The van der Waals surface area contributed by atoms with E-state index in [1.807, 2.05) is 30.5 Å². The van der Waals surface area contributed by atoms with Crippen LogP contribution in [0.25, 0.3) is 10.9 Å². The normalized spacial score (nSPS) is 23.6. The number of para-hydroxylation sites is 1. The zero-order valence-electron chi connectivity index (χ0n) is 15.7. The Bertz CT molecular complexity index is 890. The van der Waals surface area contributed by atoms with Gasteiger partial charge in [-0.15, -0.1) is 0 Å². The molecule has 0 unspecified atom stereocenters. The van der Waals surface area contributed by atoms with Gasteiger partial charge in [0.25, 0.3) is 0 Å². The fourth-order valence-electron chi connectivity index (χ4n) is 4.09. The van der Waals surface area contributed by atoms with Crippen molar-refractivity contribution in [1.82, 2.24) is 14.8 Å². The third-order valence-corrected chi connectivity index (χ3v) is 5.63. The van der Waals surface area contributed by atoms with Crippen LogP contribution in [0.1, 0.15) is 19.3 Å². The molecular weight excluding hydrogens is 357 g/mol. The van der Waals surface area contributed by atoms with E-state index in [0.29, 0.717) is 6.04 Å². The van der Waals surface area contributed by atoms with Gasteiger partial charge in [0, 0.05) is 30.9 Å². The fraction of sp³-hybridized carbons (Fsp3) is 0.476. The quantitative estimate of drug-likeness (QED) is 0.881. The van der Waals surface area contributed by atoms with Crippen molar-refractivity contribution in [3.05, 3.63) is 36.5 Å². The standard InChI is InChI=1S/C21H24FN5O/c22-16-10-19(11-23)27(13-16)21(28)14-26-7-5-17(6-8-26)25-18-9-15-3-1-2-4-20(15)24-12-18/h1-4,9,12,16-17,19,25H,5-8,10,13-14H2/t16-,19-/m0/s1. The summed E-state index contributed by atoms with van der Waals surface area (Å²) in [5, 5.41) is 13.8. The number of piperidine rings is 1. The summed E-state index contributed by atoms with van der Waals surface area (Å²) in [6, 6.07) is 11.9. The SMILES string of the molecule is N#C[C@@H]1C[C@H](F)CN1C(=O)CN1CCC(Nc2cnc3ccccc3c2)CC1. The maximum absolute atomic E-state index is 13.5. The number of rotatable bonds is 4. The molecule has 146 valence electrons. The minimum absolute atomic E-state index is 0.0457. The van der Waals surface area contributed by atoms with E-state index >= 15 is 0 Å². The Labute approximate surface area is 163 Å². The van der Waals surface area contributed by atoms with E-state index in [2.05, 4.69) is 27.3 Å². The summed E-state index contributed by atoms with van der Waals surface area (Å²) in [6.45, 7) is 1.91. The average Bonchev–Trinajstić information content (AvgIpc) is 3.10. The van der Waals surface area contributed by atoms with E-state index in [4.69, 9.17) is 5.26 Å². The molecule has 1 N–H and O–H groups in total. The van der Waals surface area contributed by atoms with Gasteiger partial charge in [-0.3, -0.25) is 14.7 Å². The summed E-state index contributed by atoms with van der Waals surface area (Å²) in [5.74, 6) is -0.142. The highest BCUT2D eigenvalue weighted by atomic mass is 19.1. The van der Waals surface area contributed by atoms with Gasteiger partial charge in [0.05, 0.1) is 36.6 Å². The molecule has 0 radical (unpaired) electrons. The molecule has 0 saturated carbocycles. The van der Waals surface area contributed by atoms with Crippen molar-refractivity contribution < 1.29 is 9.18 Å². The van der Waals surface area contributed by atoms with E-state index in [0.717, 1.165) is 42.5 Å². The first kappa shape index (κ1) is 18.6. The number of nitrogens with zero attached hydrogens (tertiary/aromatic N) is 4. The summed E-state index contributed by atoms with van der Waals surface area (Å²) >= 11 is 0. The first-order valence-corrected chi connectivity index (χ1v) is 9.79. The number of likely N-dealkylation sites (tertiary alicyclic amines) is 2. The largest absolute Gasteiger partial charge is 0.381 e. The Balaban J connectivity index is 1.28. The zero-order valence-corrected chi connectivity index (χ0v) is 15.7. The maximum Gasteiger partial charge on any atom is 0.237 e. The molecule has 0 aliphatic carbocycles. The number of hydrogen-bond acceptors (Lipinski definition) is 5. The molecule has 1 aromatic carbocycles. The van der Waals surface area contributed by atoms with Gasteiger partial charge in [-0.25, -0.2) is 4.39 Å². The highest BCUT2D eigenvalue weighted by Gasteiger charge is 2.36. The zero-order chi connectivity index (χ0) is 19.5. The molecule has 0 spiro atoms. The van der Waals surface area contributed by atoms with Crippen LogP contribution in [0.2, 0.25) is 0 Å². The molecule has 2 aliphatic heterocycles. The van der Waals surface area contributed by atoms with Crippen molar-refractivity contribution in [1.29, 1.82) is 5.26 Å². The molecule has 4 rings (SSSR count). The van der Waals surface area contributed by atoms with Gasteiger partial charge in [0.15, 0.2) is 0 Å². The molecule has 28 heavy (non-hydrogen) atoms. The number of amides is 1. The van der Waals surface area contributed by atoms with Crippen LogP contribution in [0.3, 0.4) is 0 Å². The van der Waals surface area contributed by atoms with Gasteiger partial charge in [-0.2, -0.15) is 5.26 Å². The lowest BCUT2D eigenvalue weighted by atomic mass is 10.0. The predicted octanol–water partition coefficient (Wildman–Crippen LogP) is 2.57. The molecule has 2 aromatic rings. The van der Waals surface area contributed by atoms with E-state index in [-0.39, 0.29) is 25.4 Å². The summed E-state index contributed by atoms with van der Waals surface area (Å²) in [4.78, 5) is 20.4. The number of halogens is 1. The molecule has 6 nitrogen and oxygen atoms in total. The van der Waals surface area contributed by atoms with E-state index in [1.165, 1.54) is 4.90 Å². The van der Waals surface area contributed by atoms with E-state index in [1.54, 1.807) is 0 Å². The number of nitriles is 1. The van der Waals surface area contributed by atoms with Crippen molar-refractivity contribution in [3.63, 3.8) is 0 Å². The molecule has 2 atom stereocenters. The van der Waals surface area contributed by atoms with Crippen molar-refractivity contribution >= 4 is 22.5 Å². The number of benzene rings is 1. The highest BCUT2D eigenvalue weighted by molar-refractivity contribution is 5.81. The van der Waals surface area contributed by atoms with Gasteiger partial charge in [-0.1, -0.05) is 18.2 Å². The Hall–Kier alpha value is -2.72. The monoisotopic (exact) mass is 381 g/mol. The van der Waals surface area contributed by atoms with Crippen LogP contribution in [-0.4, -0.2) is 65.1 Å². The number of fused-ring (bicyclic) bond motifs is 1. The topological polar surface area (TPSA) is 72.3 Å². The number of anilines is 1. The number of hydrogen-bond donors (Lipinski definition) is 1. The number of nitrogens with one attached hydrogen (secondary N) is 1. The number of aromatic nitrogens is 1. The third-order valence-electron chi connectivity index (χ3n) is 5.63. The van der Waals surface area contributed by atoms with E-state index in [9.17, 15) is 9.18 Å². The van der Waals surface area contributed by atoms with Crippen LogP contribution in [-0.2, 0) is 4.79 Å². The highest BCUT2D eigenvalue weighted by Crippen LogP contribution is 2.22. The summed E-state index contributed by atoms with van der Waals surface area (Å²) in [7, 11) is 0. The Morgan fingerprint density at radius 3 is 2.89 bits per heavy atom. The predicted molar refractivity (Wildman–Crippen MR) is 105 cm³/mol. The second kappa shape index (κ2) is 8.11. The van der Waals surface area contributed by atoms with Crippen molar-refractivity contribution in [2.45, 2.75) is 37.5 Å². The summed E-state index contributed by atoms with van der Waals surface area (Å²) in [5.41, 5.74) is 1.99. The van der Waals surface area contributed by atoms with Gasteiger partial charge in [0.1, 0.15) is 12.2 Å². The van der Waals surface area contributed by atoms with Gasteiger partial charge >= 0.3 is 0 Å². The second-order valence-corrected chi connectivity index (χ2v) is 7.64. The first-order chi connectivity index (χ1) is 13.6. The van der Waals surface area contributed by atoms with Crippen LogP contribution in [0.15, 0.2) is 36.5 Å². The Kier molecular flexibility index (Phi) is 5.40. The summed E-state index contributed by atoms with van der Waals surface area (Å²) in [6.07, 6.45) is 2.76. The lowest BCUT2D eigenvalue weighted by molar-refractivity contribution is -0.132. The van der Waals surface area contributed by atoms with Crippen molar-refractivity contribution in [3.8, 4) is 6.07 Å². The van der Waals surface area contributed by atoms with E-state index < -0.39 is 12.2 Å². The minimum atomic E-state index is -1.08. The van der Waals surface area contributed by atoms with Crippen LogP contribution >= 0.6 is 0 Å². The molecule has 2 fully saturated rings. The lowest BCUT2D eigenvalue weighted by Crippen LogP contribution is -2.46. The van der Waals surface area contributed by atoms with Crippen LogP contribution in [0.5, 0.6) is 0 Å². The van der Waals surface area contributed by atoms with Crippen LogP contribution < -0.4 is 5.32 Å². The molecule has 0 bridgehead atoms. The fourth-order valence-corrected chi connectivity index (χ4v) is 4.09. The number of carbonyl (C=O) groups excluding carboxylic acids is 1. The Morgan fingerprint density at radius 2 is 2.11 bits per heavy atom. The van der Waals surface area contributed by atoms with Crippen molar-refractivity contribution in [2.24, 2.45) is 0 Å². The first-order valence-electron chi connectivity index (χ1n) is 9.79. The minimum Gasteiger partial charge on any atom is -0.381 e. The van der Waals surface area contributed by atoms with Gasteiger partial charge < -0.3 is 10.2 Å². The molecule has 2 aliphatic rings. The molecular formula is C21H24FN5O. The molecule has 2 saturated heterocycles. The lowest BCUT2D eigenvalue weighted by Gasteiger charge is -2.33. The molecule has 7 heteroatoms. The second-order valence-electron chi connectivity index (χ2n) is 7.64. The number of alkyl halides is 1. The smallest absolute Gasteiger partial charge is 0.237 e. The summed E-state index contributed by atoms with van der Waals surface area (Å²) < 4.78 is 13.5. The van der Waals surface area contributed by atoms with Crippen LogP contribution in [0, 0.1) is 11.3 Å². The van der Waals surface area contributed by atoms with Gasteiger partial charge in [0.2, 0.25) is 5.91 Å².